The third-order valence-corrected chi connectivity index (χ3v) is 3.95. The van der Waals surface area contributed by atoms with E-state index < -0.39 is 0 Å². The Morgan fingerprint density at radius 2 is 2.15 bits per heavy atom. The zero-order valence-corrected chi connectivity index (χ0v) is 14.3. The number of hydrogen-bond acceptors (Lipinski definition) is 6. The molecule has 1 N–H and O–H groups in total. The van der Waals surface area contributed by atoms with E-state index in [9.17, 15) is 9.59 Å². The number of likely N-dealkylation sites (N-methyl/N-ethyl adjacent to an activating group) is 1. The van der Waals surface area contributed by atoms with Crippen LogP contribution in [0.5, 0.6) is 0 Å². The highest BCUT2D eigenvalue weighted by Crippen LogP contribution is 2.04. The van der Waals surface area contributed by atoms with Crippen molar-refractivity contribution < 1.29 is 14.3 Å². The first-order valence-electron chi connectivity index (χ1n) is 6.76. The van der Waals surface area contributed by atoms with Crippen LogP contribution < -0.4 is 5.32 Å². The lowest BCUT2D eigenvalue weighted by Crippen LogP contribution is -2.44. The molecule has 0 aromatic heterocycles. The van der Waals surface area contributed by atoms with E-state index in [0.717, 1.165) is 24.6 Å². The predicted molar refractivity (Wildman–Crippen MR) is 87.5 cm³/mol. The Balaban J connectivity index is 4.21. The maximum Gasteiger partial charge on any atom is 0.305 e. The first-order valence-corrected chi connectivity index (χ1v) is 8.55. The number of nitrogens with zero attached hydrogens (tertiary/aromatic N) is 1. The number of esters is 1. The van der Waals surface area contributed by atoms with E-state index in [0.29, 0.717) is 12.8 Å². The number of ether oxygens (including phenoxy) is 1. The average Bonchev–Trinajstić information content (AvgIpc) is 2.44. The molecule has 0 radical (unpaired) electrons. The molecule has 0 bridgehead atoms. The summed E-state index contributed by atoms with van der Waals surface area (Å²) in [4.78, 5) is 24.8. The maximum absolute atomic E-state index is 11.5. The highest BCUT2D eigenvalue weighted by Gasteiger charge is 2.15. The molecule has 0 spiro atoms. The van der Waals surface area contributed by atoms with E-state index in [1.165, 1.54) is 7.11 Å². The SMILES string of the molecule is CCSCCN(C)CC(CCC(=O)OC)NC(=O)CS. The van der Waals surface area contributed by atoms with Gasteiger partial charge in [0.2, 0.25) is 5.91 Å². The Kier molecular flexibility index (Phi) is 12.1. The summed E-state index contributed by atoms with van der Waals surface area (Å²) in [5.74, 6) is 1.97. The van der Waals surface area contributed by atoms with Gasteiger partial charge in [0.25, 0.3) is 0 Å². The van der Waals surface area contributed by atoms with Crippen LogP contribution in [0.3, 0.4) is 0 Å². The maximum atomic E-state index is 11.5. The average molecular weight is 322 g/mol. The van der Waals surface area contributed by atoms with E-state index in [-0.39, 0.29) is 23.7 Å². The lowest BCUT2D eigenvalue weighted by molar-refractivity contribution is -0.141. The van der Waals surface area contributed by atoms with E-state index in [2.05, 4.69) is 34.5 Å². The van der Waals surface area contributed by atoms with Crippen LogP contribution in [0.15, 0.2) is 0 Å². The van der Waals surface area contributed by atoms with Crippen molar-refractivity contribution >= 4 is 36.3 Å². The van der Waals surface area contributed by atoms with Gasteiger partial charge in [-0.05, 0) is 19.2 Å². The Morgan fingerprint density at radius 3 is 2.70 bits per heavy atom. The fourth-order valence-corrected chi connectivity index (χ4v) is 2.53. The lowest BCUT2D eigenvalue weighted by Gasteiger charge is -2.24. The number of amides is 1. The van der Waals surface area contributed by atoms with Crippen LogP contribution >= 0.6 is 24.4 Å². The molecule has 0 saturated carbocycles. The molecule has 0 rings (SSSR count). The van der Waals surface area contributed by atoms with Crippen molar-refractivity contribution in [2.24, 2.45) is 0 Å². The molecule has 0 saturated heterocycles. The zero-order valence-electron chi connectivity index (χ0n) is 12.6. The van der Waals surface area contributed by atoms with Gasteiger partial charge >= 0.3 is 5.97 Å². The molecule has 0 aromatic carbocycles. The van der Waals surface area contributed by atoms with Crippen LogP contribution in [-0.4, -0.2) is 67.3 Å². The minimum Gasteiger partial charge on any atom is -0.469 e. The molecule has 1 atom stereocenters. The highest BCUT2D eigenvalue weighted by molar-refractivity contribution is 7.99. The second kappa shape index (κ2) is 12.3. The number of rotatable bonds is 11. The van der Waals surface area contributed by atoms with Crippen molar-refractivity contribution in [3.8, 4) is 0 Å². The highest BCUT2D eigenvalue weighted by atomic mass is 32.2. The Labute approximate surface area is 131 Å². The molecule has 7 heteroatoms. The Bertz CT molecular complexity index is 291. The van der Waals surface area contributed by atoms with Gasteiger partial charge in [0.1, 0.15) is 0 Å². The fraction of sp³-hybridized carbons (Fsp3) is 0.846. The summed E-state index contributed by atoms with van der Waals surface area (Å²) < 4.78 is 4.63. The predicted octanol–water partition coefficient (Wildman–Crippen LogP) is 1.04. The van der Waals surface area contributed by atoms with Crippen LogP contribution in [0, 0.1) is 0 Å². The fourth-order valence-electron chi connectivity index (χ4n) is 1.71. The number of thioether (sulfide) groups is 1. The summed E-state index contributed by atoms with van der Waals surface area (Å²) in [6.07, 6.45) is 0.892. The van der Waals surface area contributed by atoms with Gasteiger partial charge in [-0.15, -0.1) is 0 Å². The second-order valence-electron chi connectivity index (χ2n) is 4.50. The van der Waals surface area contributed by atoms with Gasteiger partial charge < -0.3 is 15.0 Å². The molecule has 0 aliphatic heterocycles. The third kappa shape index (κ3) is 10.4. The quantitative estimate of drug-likeness (QED) is 0.338. The van der Waals surface area contributed by atoms with Gasteiger partial charge in [0.05, 0.1) is 12.9 Å². The lowest BCUT2D eigenvalue weighted by atomic mass is 10.1. The van der Waals surface area contributed by atoms with Crippen LogP contribution in [0.25, 0.3) is 0 Å². The van der Waals surface area contributed by atoms with Crippen molar-refractivity contribution in [2.75, 3.05) is 44.5 Å². The summed E-state index contributed by atoms with van der Waals surface area (Å²) in [5, 5.41) is 2.90. The molecule has 0 aliphatic carbocycles. The van der Waals surface area contributed by atoms with Gasteiger partial charge in [-0.25, -0.2) is 0 Å². The molecule has 118 valence electrons. The van der Waals surface area contributed by atoms with Gasteiger partial charge in [-0.3, -0.25) is 9.59 Å². The van der Waals surface area contributed by atoms with E-state index in [1.807, 2.05) is 18.8 Å². The molecule has 5 nitrogen and oxygen atoms in total. The number of thiol groups is 1. The number of nitrogens with one attached hydrogen (secondary N) is 1. The van der Waals surface area contributed by atoms with Crippen LogP contribution in [0.4, 0.5) is 0 Å². The van der Waals surface area contributed by atoms with E-state index in [4.69, 9.17) is 0 Å². The largest absolute Gasteiger partial charge is 0.469 e. The van der Waals surface area contributed by atoms with Gasteiger partial charge in [0, 0.05) is 31.3 Å². The number of hydrogen-bond donors (Lipinski definition) is 2. The molecular formula is C13H26N2O3S2. The normalized spacial score (nSPS) is 12.2. The van der Waals surface area contributed by atoms with Crippen LogP contribution in [0.2, 0.25) is 0 Å². The summed E-state index contributed by atoms with van der Waals surface area (Å²) >= 11 is 5.84. The van der Waals surface area contributed by atoms with Crippen LogP contribution in [0.1, 0.15) is 19.8 Å². The van der Waals surface area contributed by atoms with E-state index >= 15 is 0 Å². The van der Waals surface area contributed by atoms with Crippen molar-refractivity contribution in [3.63, 3.8) is 0 Å². The van der Waals surface area contributed by atoms with Crippen LogP contribution in [-0.2, 0) is 14.3 Å². The van der Waals surface area contributed by atoms with Gasteiger partial charge in [-0.2, -0.15) is 24.4 Å². The summed E-state index contributed by atoms with van der Waals surface area (Å²) in [7, 11) is 3.39. The molecule has 0 aromatic rings. The van der Waals surface area contributed by atoms with Gasteiger partial charge in [-0.1, -0.05) is 6.92 Å². The van der Waals surface area contributed by atoms with Gasteiger partial charge in [0.15, 0.2) is 0 Å². The third-order valence-electron chi connectivity index (χ3n) is 2.79. The molecule has 1 amide bonds. The molecule has 0 heterocycles. The number of methoxy groups -OCH3 is 1. The molecule has 0 aliphatic rings. The monoisotopic (exact) mass is 322 g/mol. The Morgan fingerprint density at radius 1 is 1.45 bits per heavy atom. The van der Waals surface area contributed by atoms with Crippen molar-refractivity contribution in [1.82, 2.24) is 10.2 Å². The summed E-state index contributed by atoms with van der Waals surface area (Å²) in [6, 6.07) is -0.0506. The number of carbonyl (C=O) groups is 2. The summed E-state index contributed by atoms with van der Waals surface area (Å²) in [5.41, 5.74) is 0. The van der Waals surface area contributed by atoms with Crippen molar-refractivity contribution in [3.05, 3.63) is 0 Å². The second-order valence-corrected chi connectivity index (χ2v) is 6.21. The number of carbonyl (C=O) groups excluding carboxylic acids is 2. The zero-order chi connectivity index (χ0) is 15.4. The smallest absolute Gasteiger partial charge is 0.305 e. The first-order chi connectivity index (χ1) is 9.53. The van der Waals surface area contributed by atoms with E-state index in [1.54, 1.807) is 0 Å². The molecule has 0 fully saturated rings. The summed E-state index contributed by atoms with van der Waals surface area (Å²) in [6.45, 7) is 3.82. The molecule has 20 heavy (non-hydrogen) atoms. The minimum absolute atomic E-state index is 0.0506. The molecular weight excluding hydrogens is 296 g/mol. The standard InChI is InChI=1S/C13H26N2O3S2/c1-4-20-8-7-15(2)9-11(14-12(16)10-19)5-6-13(17)18-3/h11,19H,4-10H2,1-3H3,(H,14,16). The molecule has 1 unspecified atom stereocenters. The Hall–Kier alpha value is -0.400. The first kappa shape index (κ1) is 19.6. The van der Waals surface area contributed by atoms with Crippen molar-refractivity contribution in [1.29, 1.82) is 0 Å². The van der Waals surface area contributed by atoms with Crippen molar-refractivity contribution in [2.45, 2.75) is 25.8 Å². The minimum atomic E-state index is -0.251. The topological polar surface area (TPSA) is 58.6 Å².